The third kappa shape index (κ3) is 2.48. The van der Waals surface area contributed by atoms with Gasteiger partial charge in [0.15, 0.2) is 0 Å². The summed E-state index contributed by atoms with van der Waals surface area (Å²) in [7, 11) is 0. The highest BCUT2D eigenvalue weighted by molar-refractivity contribution is 7.09. The molecule has 2 nitrogen and oxygen atoms in total. The van der Waals surface area contributed by atoms with Crippen molar-refractivity contribution in [1.82, 2.24) is 10.3 Å². The fourth-order valence-electron chi connectivity index (χ4n) is 2.81. The first-order chi connectivity index (χ1) is 8.48. The van der Waals surface area contributed by atoms with Crippen LogP contribution in [0.5, 0.6) is 0 Å². The van der Waals surface area contributed by atoms with E-state index in [9.17, 15) is 0 Å². The Morgan fingerprint density at radius 2 is 2.06 bits per heavy atom. The van der Waals surface area contributed by atoms with Crippen LogP contribution in [-0.2, 0) is 5.54 Å². The number of thiazole rings is 1. The first-order valence-electron chi connectivity index (χ1n) is 7.19. The Kier molecular flexibility index (Phi) is 4.12. The Bertz CT molecular complexity index is 389. The van der Waals surface area contributed by atoms with Crippen molar-refractivity contribution < 1.29 is 0 Å². The lowest BCUT2D eigenvalue weighted by Crippen LogP contribution is -2.53. The van der Waals surface area contributed by atoms with Crippen molar-refractivity contribution in [2.75, 3.05) is 6.54 Å². The van der Waals surface area contributed by atoms with E-state index in [-0.39, 0.29) is 5.54 Å². The van der Waals surface area contributed by atoms with Gasteiger partial charge in [-0.2, -0.15) is 0 Å². The van der Waals surface area contributed by atoms with Crippen LogP contribution < -0.4 is 5.32 Å². The van der Waals surface area contributed by atoms with Crippen LogP contribution in [0, 0.1) is 11.8 Å². The minimum absolute atomic E-state index is 0.182. The van der Waals surface area contributed by atoms with E-state index < -0.39 is 0 Å². The van der Waals surface area contributed by atoms with Crippen molar-refractivity contribution in [2.45, 2.75) is 58.9 Å². The molecule has 1 N–H and O–H groups in total. The third-order valence-corrected chi connectivity index (χ3v) is 5.27. The van der Waals surface area contributed by atoms with E-state index in [2.05, 4.69) is 45.3 Å². The molecule has 1 saturated carbocycles. The Balaban J connectivity index is 2.16. The molecule has 0 amide bonds. The van der Waals surface area contributed by atoms with Crippen LogP contribution in [0.3, 0.4) is 0 Å². The van der Waals surface area contributed by atoms with Crippen LogP contribution in [0.2, 0.25) is 0 Å². The molecule has 0 aromatic carbocycles. The molecular formula is C15H26N2S. The monoisotopic (exact) mass is 266 g/mol. The van der Waals surface area contributed by atoms with Crippen LogP contribution in [-0.4, -0.2) is 11.5 Å². The first kappa shape index (κ1) is 14.0. The third-order valence-electron chi connectivity index (χ3n) is 4.20. The van der Waals surface area contributed by atoms with Gasteiger partial charge in [-0.05, 0) is 37.1 Å². The summed E-state index contributed by atoms with van der Waals surface area (Å²) in [6, 6.07) is 0. The average Bonchev–Trinajstić information content (AvgIpc) is 2.71. The molecule has 1 aromatic rings. The van der Waals surface area contributed by atoms with Crippen LogP contribution in [0.15, 0.2) is 5.38 Å². The second-order valence-electron chi connectivity index (χ2n) is 6.26. The molecule has 0 unspecified atom stereocenters. The van der Waals surface area contributed by atoms with E-state index in [1.54, 1.807) is 0 Å². The lowest BCUT2D eigenvalue weighted by Gasteiger charge is -2.49. The summed E-state index contributed by atoms with van der Waals surface area (Å²) < 4.78 is 0. The molecule has 1 heterocycles. The van der Waals surface area contributed by atoms with Crippen molar-refractivity contribution in [2.24, 2.45) is 11.8 Å². The maximum absolute atomic E-state index is 4.87. The van der Waals surface area contributed by atoms with Gasteiger partial charge in [0.25, 0.3) is 0 Å². The number of hydrogen-bond acceptors (Lipinski definition) is 3. The van der Waals surface area contributed by atoms with E-state index in [0.717, 1.165) is 18.4 Å². The van der Waals surface area contributed by atoms with Gasteiger partial charge in [-0.1, -0.05) is 34.6 Å². The molecule has 3 heteroatoms. The molecule has 0 spiro atoms. The van der Waals surface area contributed by atoms with Gasteiger partial charge in [0, 0.05) is 5.38 Å². The lowest BCUT2D eigenvalue weighted by molar-refractivity contribution is 0.0691. The zero-order valence-corrected chi connectivity index (χ0v) is 13.1. The number of rotatable bonds is 5. The molecule has 18 heavy (non-hydrogen) atoms. The summed E-state index contributed by atoms with van der Waals surface area (Å²) in [5, 5.41) is 7.24. The molecule has 0 radical (unpaired) electrons. The average molecular weight is 266 g/mol. The number of aromatic nitrogens is 1. The van der Waals surface area contributed by atoms with E-state index in [1.807, 2.05) is 11.3 Å². The van der Waals surface area contributed by atoms with Gasteiger partial charge >= 0.3 is 0 Å². The van der Waals surface area contributed by atoms with E-state index >= 15 is 0 Å². The second-order valence-corrected chi connectivity index (χ2v) is 7.12. The Morgan fingerprint density at radius 1 is 1.39 bits per heavy atom. The summed E-state index contributed by atoms with van der Waals surface area (Å²) in [6.45, 7) is 12.3. The van der Waals surface area contributed by atoms with Crippen LogP contribution >= 0.6 is 11.3 Å². The van der Waals surface area contributed by atoms with E-state index in [4.69, 9.17) is 4.98 Å². The molecular weight excluding hydrogens is 240 g/mol. The first-order valence-corrected chi connectivity index (χ1v) is 8.07. The van der Waals surface area contributed by atoms with Gasteiger partial charge < -0.3 is 5.32 Å². The van der Waals surface area contributed by atoms with Crippen molar-refractivity contribution in [3.05, 3.63) is 16.1 Å². The molecule has 0 aliphatic heterocycles. The molecule has 102 valence electrons. The minimum Gasteiger partial charge on any atom is -0.306 e. The Labute approximate surface area is 115 Å². The van der Waals surface area contributed by atoms with Crippen molar-refractivity contribution in [1.29, 1.82) is 0 Å². The maximum Gasteiger partial charge on any atom is 0.113 e. The highest BCUT2D eigenvalue weighted by atomic mass is 32.1. The van der Waals surface area contributed by atoms with Gasteiger partial charge in [0.1, 0.15) is 5.01 Å². The minimum atomic E-state index is 0.182. The highest BCUT2D eigenvalue weighted by Crippen LogP contribution is 2.49. The number of nitrogens with zero attached hydrogens (tertiary/aromatic N) is 1. The molecule has 0 bridgehead atoms. The summed E-state index contributed by atoms with van der Waals surface area (Å²) in [5.74, 6) is 2.19. The fraction of sp³-hybridized carbons (Fsp3) is 0.800. The fourth-order valence-corrected chi connectivity index (χ4v) is 3.99. The number of hydrogen-bond donors (Lipinski definition) is 1. The second kappa shape index (κ2) is 5.30. The summed E-state index contributed by atoms with van der Waals surface area (Å²) in [6.07, 6.45) is 2.51. The van der Waals surface area contributed by atoms with Crippen molar-refractivity contribution >= 4 is 11.3 Å². The molecule has 1 aliphatic rings. The quantitative estimate of drug-likeness (QED) is 0.866. The van der Waals surface area contributed by atoms with Gasteiger partial charge in [0.2, 0.25) is 0 Å². The molecule has 0 saturated heterocycles. The number of nitrogens with one attached hydrogen (secondary N) is 1. The molecule has 1 aliphatic carbocycles. The predicted octanol–water partition coefficient (Wildman–Crippen LogP) is 4.14. The van der Waals surface area contributed by atoms with E-state index in [1.165, 1.54) is 23.5 Å². The standard InChI is InChI=1S/C15H26N2S/c1-6-16-15(7-12(8-15)10(2)3)14-17-13(9-18-14)11(4)5/h9-12,16H,6-8H2,1-5H3. The summed E-state index contributed by atoms with van der Waals surface area (Å²) in [4.78, 5) is 4.87. The maximum atomic E-state index is 4.87. The van der Waals surface area contributed by atoms with Crippen molar-refractivity contribution in [3.8, 4) is 0 Å². The van der Waals surface area contributed by atoms with Crippen LogP contribution in [0.1, 0.15) is 64.1 Å². The molecule has 1 fully saturated rings. The van der Waals surface area contributed by atoms with Crippen molar-refractivity contribution in [3.63, 3.8) is 0 Å². The van der Waals surface area contributed by atoms with Gasteiger partial charge in [-0.15, -0.1) is 11.3 Å². The predicted molar refractivity (Wildman–Crippen MR) is 79.1 cm³/mol. The summed E-state index contributed by atoms with van der Waals surface area (Å²) in [5.41, 5.74) is 1.43. The van der Waals surface area contributed by atoms with Gasteiger partial charge in [-0.25, -0.2) is 4.98 Å². The normalized spacial score (nSPS) is 27.8. The SMILES string of the molecule is CCNC1(c2nc(C(C)C)cs2)CC(C(C)C)C1. The van der Waals surface area contributed by atoms with E-state index in [0.29, 0.717) is 5.92 Å². The molecule has 0 atom stereocenters. The summed E-state index contributed by atoms with van der Waals surface area (Å²) >= 11 is 1.84. The van der Waals surface area contributed by atoms with Crippen LogP contribution in [0.4, 0.5) is 0 Å². The van der Waals surface area contributed by atoms with Crippen LogP contribution in [0.25, 0.3) is 0 Å². The molecule has 1 aromatic heterocycles. The zero-order chi connectivity index (χ0) is 13.3. The zero-order valence-electron chi connectivity index (χ0n) is 12.3. The Morgan fingerprint density at radius 3 is 2.50 bits per heavy atom. The topological polar surface area (TPSA) is 24.9 Å². The lowest BCUT2D eigenvalue weighted by atomic mass is 9.64. The van der Waals surface area contributed by atoms with Gasteiger partial charge in [0.05, 0.1) is 11.2 Å². The largest absolute Gasteiger partial charge is 0.306 e. The smallest absolute Gasteiger partial charge is 0.113 e. The Hall–Kier alpha value is -0.410. The van der Waals surface area contributed by atoms with Gasteiger partial charge in [-0.3, -0.25) is 0 Å². The molecule has 2 rings (SSSR count). The highest BCUT2D eigenvalue weighted by Gasteiger charge is 2.47.